The lowest BCUT2D eigenvalue weighted by Gasteiger charge is -2.30. The van der Waals surface area contributed by atoms with Crippen LogP contribution in [0.3, 0.4) is 0 Å². The zero-order chi connectivity index (χ0) is 20.2. The molecule has 0 bridgehead atoms. The van der Waals surface area contributed by atoms with E-state index in [0.717, 1.165) is 0 Å². The Morgan fingerprint density at radius 2 is 2.11 bits per heavy atom. The predicted molar refractivity (Wildman–Crippen MR) is 98.5 cm³/mol. The number of anilines is 1. The SMILES string of the molecule is O=C1Nc2cc(Cl)ccc2[C@]12N[C@@H](CO)[C@@H]([N+](=O)[O-])[C@@H]2c1ccnc(Cl)c1F. The van der Waals surface area contributed by atoms with Crippen LogP contribution in [-0.4, -0.2) is 39.6 Å². The zero-order valence-corrected chi connectivity index (χ0v) is 15.5. The first kappa shape index (κ1) is 19.0. The zero-order valence-electron chi connectivity index (χ0n) is 14.0. The van der Waals surface area contributed by atoms with Crippen LogP contribution >= 0.6 is 23.2 Å². The number of aliphatic hydroxyl groups is 1. The topological polar surface area (TPSA) is 117 Å². The third-order valence-corrected chi connectivity index (χ3v) is 5.80. The first-order valence-electron chi connectivity index (χ1n) is 8.24. The van der Waals surface area contributed by atoms with Crippen molar-refractivity contribution < 1.29 is 19.2 Å². The fourth-order valence-electron chi connectivity index (χ4n) is 4.23. The van der Waals surface area contributed by atoms with Crippen LogP contribution in [0, 0.1) is 15.9 Å². The third kappa shape index (κ3) is 2.51. The number of aliphatic hydroxyl groups excluding tert-OH is 1. The molecular weight excluding hydrogens is 414 g/mol. The highest BCUT2D eigenvalue weighted by Gasteiger charge is 2.67. The Morgan fingerprint density at radius 1 is 1.36 bits per heavy atom. The molecule has 1 amide bonds. The number of amides is 1. The van der Waals surface area contributed by atoms with Gasteiger partial charge in [0.15, 0.2) is 11.0 Å². The number of nitro groups is 1. The number of carbonyl (C=O) groups is 1. The minimum atomic E-state index is -1.68. The molecule has 1 fully saturated rings. The Morgan fingerprint density at radius 3 is 2.79 bits per heavy atom. The largest absolute Gasteiger partial charge is 0.394 e. The van der Waals surface area contributed by atoms with Crippen molar-refractivity contribution in [2.75, 3.05) is 11.9 Å². The molecule has 2 aliphatic rings. The summed E-state index contributed by atoms with van der Waals surface area (Å²) in [5, 5.41) is 27.1. The van der Waals surface area contributed by atoms with Gasteiger partial charge in [-0.25, -0.2) is 9.37 Å². The fourth-order valence-corrected chi connectivity index (χ4v) is 4.56. The molecule has 0 radical (unpaired) electrons. The Labute approximate surface area is 167 Å². The molecule has 0 aliphatic carbocycles. The summed E-state index contributed by atoms with van der Waals surface area (Å²) in [6, 6.07) is 3.25. The van der Waals surface area contributed by atoms with Crippen LogP contribution in [0.15, 0.2) is 30.5 Å². The Bertz CT molecular complexity index is 1010. The van der Waals surface area contributed by atoms with Gasteiger partial charge in [-0.3, -0.25) is 20.2 Å². The molecule has 1 spiro atoms. The molecule has 3 N–H and O–H groups in total. The number of nitrogens with one attached hydrogen (secondary N) is 2. The molecule has 0 unspecified atom stereocenters. The van der Waals surface area contributed by atoms with Gasteiger partial charge >= 0.3 is 0 Å². The monoisotopic (exact) mass is 426 g/mol. The van der Waals surface area contributed by atoms with Crippen molar-refractivity contribution in [2.24, 2.45) is 0 Å². The van der Waals surface area contributed by atoms with Crippen molar-refractivity contribution in [3.8, 4) is 0 Å². The van der Waals surface area contributed by atoms with Crippen LogP contribution in [0.5, 0.6) is 0 Å². The number of hydrogen-bond donors (Lipinski definition) is 3. The Hall–Kier alpha value is -2.33. The molecule has 146 valence electrons. The van der Waals surface area contributed by atoms with E-state index in [1.165, 1.54) is 24.4 Å². The molecule has 1 aromatic heterocycles. The second-order valence-electron chi connectivity index (χ2n) is 6.64. The highest BCUT2D eigenvalue weighted by Crippen LogP contribution is 2.53. The van der Waals surface area contributed by atoms with Gasteiger partial charge < -0.3 is 10.4 Å². The lowest BCUT2D eigenvalue weighted by atomic mass is 9.74. The van der Waals surface area contributed by atoms with E-state index in [0.29, 0.717) is 16.3 Å². The summed E-state index contributed by atoms with van der Waals surface area (Å²) >= 11 is 11.8. The van der Waals surface area contributed by atoms with E-state index >= 15 is 0 Å². The number of hydrogen-bond acceptors (Lipinski definition) is 6. The molecule has 0 saturated carbocycles. The highest BCUT2D eigenvalue weighted by molar-refractivity contribution is 6.31. The summed E-state index contributed by atoms with van der Waals surface area (Å²) < 4.78 is 14.9. The number of nitrogens with zero attached hydrogens (tertiary/aromatic N) is 2. The molecule has 4 rings (SSSR count). The van der Waals surface area contributed by atoms with E-state index in [1.807, 2.05) is 0 Å². The molecular formula is C17H13Cl2FN4O4. The minimum absolute atomic E-state index is 0.136. The highest BCUT2D eigenvalue weighted by atomic mass is 35.5. The smallest absolute Gasteiger partial charge is 0.250 e. The van der Waals surface area contributed by atoms with Crippen LogP contribution in [-0.2, 0) is 10.3 Å². The number of pyridine rings is 1. The third-order valence-electron chi connectivity index (χ3n) is 5.30. The van der Waals surface area contributed by atoms with Gasteiger partial charge in [-0.15, -0.1) is 0 Å². The van der Waals surface area contributed by atoms with Gasteiger partial charge in [0, 0.05) is 33.0 Å². The standard InChI is InChI=1S/C17H13Cl2FN4O4/c18-7-1-2-9-10(5-7)22-16(26)17(9)12(8-3-4-21-15(19)13(8)20)14(24(27)28)11(6-25)23-17/h1-5,11-12,14,23,25H,6H2,(H,22,26)/t11-,12-,14+,17+/m0/s1. The maximum absolute atomic E-state index is 14.9. The molecule has 2 aliphatic heterocycles. The van der Waals surface area contributed by atoms with Crippen molar-refractivity contribution in [2.45, 2.75) is 23.5 Å². The van der Waals surface area contributed by atoms with Crippen molar-refractivity contribution in [1.29, 1.82) is 0 Å². The summed E-state index contributed by atoms with van der Waals surface area (Å²) in [5.41, 5.74) is -1.09. The number of halogens is 3. The Balaban J connectivity index is 2.02. The minimum Gasteiger partial charge on any atom is -0.394 e. The average molecular weight is 427 g/mol. The van der Waals surface area contributed by atoms with E-state index in [4.69, 9.17) is 23.2 Å². The molecule has 8 nitrogen and oxygen atoms in total. The van der Waals surface area contributed by atoms with E-state index < -0.39 is 51.9 Å². The number of benzene rings is 1. The van der Waals surface area contributed by atoms with Crippen molar-refractivity contribution in [1.82, 2.24) is 10.3 Å². The van der Waals surface area contributed by atoms with E-state index in [9.17, 15) is 24.4 Å². The molecule has 3 heterocycles. The summed E-state index contributed by atoms with van der Waals surface area (Å²) in [6.45, 7) is -0.624. The number of aromatic nitrogens is 1. The quantitative estimate of drug-likeness (QED) is 0.392. The van der Waals surface area contributed by atoms with Crippen molar-refractivity contribution in [3.05, 3.63) is 67.7 Å². The molecule has 28 heavy (non-hydrogen) atoms. The van der Waals surface area contributed by atoms with Gasteiger partial charge in [0.1, 0.15) is 11.6 Å². The predicted octanol–water partition coefficient (Wildman–Crippen LogP) is 2.07. The number of fused-ring (bicyclic) bond motifs is 2. The van der Waals surface area contributed by atoms with Crippen molar-refractivity contribution in [3.63, 3.8) is 0 Å². The summed E-state index contributed by atoms with van der Waals surface area (Å²) in [7, 11) is 0. The van der Waals surface area contributed by atoms with Gasteiger partial charge in [-0.05, 0) is 18.2 Å². The van der Waals surface area contributed by atoms with E-state index in [2.05, 4.69) is 15.6 Å². The van der Waals surface area contributed by atoms with Crippen molar-refractivity contribution >= 4 is 34.8 Å². The van der Waals surface area contributed by atoms with Crippen LogP contribution in [0.25, 0.3) is 0 Å². The second kappa shape index (κ2) is 6.63. The number of carbonyl (C=O) groups excluding carboxylic acids is 1. The van der Waals surface area contributed by atoms with Gasteiger partial charge in [0.2, 0.25) is 11.9 Å². The lowest BCUT2D eigenvalue weighted by molar-refractivity contribution is -0.527. The van der Waals surface area contributed by atoms with Gasteiger partial charge in [0.25, 0.3) is 0 Å². The van der Waals surface area contributed by atoms with Gasteiger partial charge in [-0.2, -0.15) is 0 Å². The average Bonchev–Trinajstić information content (AvgIpc) is 3.13. The molecule has 2 aromatic rings. The van der Waals surface area contributed by atoms with Crippen LogP contribution in [0.4, 0.5) is 10.1 Å². The molecule has 4 atom stereocenters. The second-order valence-corrected chi connectivity index (χ2v) is 7.44. The fraction of sp³-hybridized carbons (Fsp3) is 0.294. The van der Waals surface area contributed by atoms with E-state index in [1.54, 1.807) is 6.07 Å². The van der Waals surface area contributed by atoms with Gasteiger partial charge in [-0.1, -0.05) is 29.3 Å². The molecule has 11 heteroatoms. The maximum atomic E-state index is 14.9. The van der Waals surface area contributed by atoms with Gasteiger partial charge in [0.05, 0.1) is 12.5 Å². The lowest BCUT2D eigenvalue weighted by Crippen LogP contribution is -2.49. The first-order valence-corrected chi connectivity index (χ1v) is 9.00. The van der Waals surface area contributed by atoms with Crippen LogP contribution < -0.4 is 10.6 Å². The normalized spacial score (nSPS) is 28.4. The summed E-state index contributed by atoms with van der Waals surface area (Å²) in [4.78, 5) is 28.0. The number of rotatable bonds is 3. The Kier molecular flexibility index (Phi) is 4.50. The summed E-state index contributed by atoms with van der Waals surface area (Å²) in [5.74, 6) is -2.84. The van der Waals surface area contributed by atoms with E-state index in [-0.39, 0.29) is 5.56 Å². The maximum Gasteiger partial charge on any atom is 0.250 e. The molecule has 1 saturated heterocycles. The first-order chi connectivity index (χ1) is 13.3. The van der Waals surface area contributed by atoms with Crippen LogP contribution in [0.2, 0.25) is 10.2 Å². The van der Waals surface area contributed by atoms with Crippen LogP contribution in [0.1, 0.15) is 17.0 Å². The summed E-state index contributed by atoms with van der Waals surface area (Å²) in [6.07, 6.45) is 1.22. The molecule has 1 aromatic carbocycles.